The van der Waals surface area contributed by atoms with Crippen molar-refractivity contribution in [2.24, 2.45) is 0 Å². The van der Waals surface area contributed by atoms with Gasteiger partial charge >= 0.3 is 6.03 Å². The number of aryl methyl sites for hydroxylation is 2. The number of barbiturate groups is 1. The number of benzene rings is 2. The number of anilines is 1. The van der Waals surface area contributed by atoms with Crippen molar-refractivity contribution < 1.29 is 19.1 Å². The summed E-state index contributed by atoms with van der Waals surface area (Å²) in [6.45, 7) is 5.73. The maximum absolute atomic E-state index is 13.2. The number of hydrogen-bond donors (Lipinski definition) is 1. The summed E-state index contributed by atoms with van der Waals surface area (Å²) >= 11 is 0. The van der Waals surface area contributed by atoms with Crippen LogP contribution in [-0.2, 0) is 9.59 Å². The highest BCUT2D eigenvalue weighted by molar-refractivity contribution is 6.39. The summed E-state index contributed by atoms with van der Waals surface area (Å²) in [4.78, 5) is 39.1. The SMILES string of the molecule is COc1ccc(-n2c(C)cc(/C=C3\C(=O)NC(=O)N(c4cccc(C)c4)C3=O)c2C)cc1. The molecule has 1 saturated heterocycles. The van der Waals surface area contributed by atoms with E-state index in [0.29, 0.717) is 5.69 Å². The number of rotatable bonds is 4. The number of ether oxygens (including phenoxy) is 1. The van der Waals surface area contributed by atoms with Gasteiger partial charge in [-0.3, -0.25) is 14.9 Å². The molecule has 1 aliphatic rings. The Balaban J connectivity index is 1.74. The second-order valence-corrected chi connectivity index (χ2v) is 7.66. The maximum atomic E-state index is 13.2. The van der Waals surface area contributed by atoms with Crippen molar-refractivity contribution in [1.82, 2.24) is 9.88 Å². The van der Waals surface area contributed by atoms with E-state index in [1.165, 1.54) is 6.08 Å². The van der Waals surface area contributed by atoms with Crippen LogP contribution in [-0.4, -0.2) is 29.5 Å². The average Bonchev–Trinajstić information content (AvgIpc) is 3.04. The molecule has 2 aromatic carbocycles. The van der Waals surface area contributed by atoms with Gasteiger partial charge in [0.15, 0.2) is 0 Å². The zero-order valence-corrected chi connectivity index (χ0v) is 18.3. The minimum atomic E-state index is -0.758. The summed E-state index contributed by atoms with van der Waals surface area (Å²) in [5, 5.41) is 2.27. The average molecular weight is 429 g/mol. The van der Waals surface area contributed by atoms with E-state index < -0.39 is 17.8 Å². The van der Waals surface area contributed by atoms with Gasteiger partial charge in [-0.15, -0.1) is 0 Å². The van der Waals surface area contributed by atoms with E-state index in [2.05, 4.69) is 5.32 Å². The first kappa shape index (κ1) is 21.1. The predicted octanol–water partition coefficient (Wildman–Crippen LogP) is 4.08. The lowest BCUT2D eigenvalue weighted by molar-refractivity contribution is -0.122. The number of imide groups is 2. The van der Waals surface area contributed by atoms with E-state index in [4.69, 9.17) is 4.74 Å². The zero-order valence-electron chi connectivity index (χ0n) is 18.3. The molecule has 4 rings (SSSR count). The molecule has 0 spiro atoms. The second kappa shape index (κ2) is 8.19. The van der Waals surface area contributed by atoms with Crippen molar-refractivity contribution in [3.63, 3.8) is 0 Å². The van der Waals surface area contributed by atoms with Gasteiger partial charge in [-0.2, -0.15) is 0 Å². The standard InChI is InChI=1S/C25H23N3O4/c1-15-6-5-7-20(12-15)28-24(30)22(23(29)26-25(28)31)14-18-13-16(2)27(17(18)3)19-8-10-21(32-4)11-9-19/h5-14H,1-4H3,(H,26,29,31)/b22-14+. The van der Waals surface area contributed by atoms with Crippen LogP contribution in [0.5, 0.6) is 5.75 Å². The number of nitrogens with zero attached hydrogens (tertiary/aromatic N) is 2. The quantitative estimate of drug-likeness (QED) is 0.501. The highest BCUT2D eigenvalue weighted by Gasteiger charge is 2.37. The predicted molar refractivity (Wildman–Crippen MR) is 122 cm³/mol. The molecule has 1 aliphatic heterocycles. The van der Waals surface area contributed by atoms with E-state index in [-0.39, 0.29) is 5.57 Å². The normalized spacial score (nSPS) is 15.3. The maximum Gasteiger partial charge on any atom is 0.335 e. The van der Waals surface area contributed by atoms with Crippen LogP contribution in [0.2, 0.25) is 0 Å². The Morgan fingerprint density at radius 1 is 0.906 bits per heavy atom. The molecule has 1 N–H and O–H groups in total. The van der Waals surface area contributed by atoms with Crippen molar-refractivity contribution in [3.8, 4) is 11.4 Å². The highest BCUT2D eigenvalue weighted by atomic mass is 16.5. The van der Waals surface area contributed by atoms with Crippen LogP contribution < -0.4 is 15.0 Å². The molecule has 1 fully saturated rings. The number of carbonyl (C=O) groups is 3. The Morgan fingerprint density at radius 3 is 2.28 bits per heavy atom. The summed E-state index contributed by atoms with van der Waals surface area (Å²) in [7, 11) is 1.61. The minimum Gasteiger partial charge on any atom is -0.497 e. The lowest BCUT2D eigenvalue weighted by Crippen LogP contribution is -2.54. The molecule has 7 nitrogen and oxygen atoms in total. The van der Waals surface area contributed by atoms with Crippen molar-refractivity contribution >= 4 is 29.6 Å². The lowest BCUT2D eigenvalue weighted by atomic mass is 10.1. The molecule has 2 heterocycles. The van der Waals surface area contributed by atoms with Crippen LogP contribution in [0.3, 0.4) is 0 Å². The summed E-state index contributed by atoms with van der Waals surface area (Å²) < 4.78 is 7.25. The van der Waals surface area contributed by atoms with Crippen molar-refractivity contribution in [2.75, 3.05) is 12.0 Å². The van der Waals surface area contributed by atoms with Crippen LogP contribution in [0.15, 0.2) is 60.2 Å². The molecule has 0 radical (unpaired) electrons. The molecule has 162 valence electrons. The van der Waals surface area contributed by atoms with Crippen LogP contribution in [0.1, 0.15) is 22.5 Å². The molecular weight excluding hydrogens is 406 g/mol. The Morgan fingerprint density at radius 2 is 1.62 bits per heavy atom. The fourth-order valence-corrected chi connectivity index (χ4v) is 3.88. The Kier molecular flexibility index (Phi) is 5.40. The van der Waals surface area contributed by atoms with Gasteiger partial charge in [0.25, 0.3) is 11.8 Å². The first-order chi connectivity index (χ1) is 15.3. The largest absolute Gasteiger partial charge is 0.497 e. The summed E-state index contributed by atoms with van der Waals surface area (Å²) in [6, 6.07) is 15.8. The van der Waals surface area contributed by atoms with Crippen molar-refractivity contribution in [1.29, 1.82) is 0 Å². The molecular formula is C25H23N3O4. The minimum absolute atomic E-state index is 0.0962. The van der Waals surface area contributed by atoms with Gasteiger partial charge in [-0.05, 0) is 80.4 Å². The molecule has 0 aliphatic carbocycles. The fraction of sp³-hybridized carbons (Fsp3) is 0.160. The Hall–Kier alpha value is -4.13. The first-order valence-corrected chi connectivity index (χ1v) is 10.1. The number of amides is 4. The number of methoxy groups -OCH3 is 1. The van der Waals surface area contributed by atoms with Crippen LogP contribution in [0, 0.1) is 20.8 Å². The van der Waals surface area contributed by atoms with Crippen LogP contribution in [0.4, 0.5) is 10.5 Å². The Bertz CT molecular complexity index is 1270. The third-order valence-corrected chi connectivity index (χ3v) is 5.46. The van der Waals surface area contributed by atoms with Gasteiger partial charge in [0.1, 0.15) is 11.3 Å². The smallest absolute Gasteiger partial charge is 0.335 e. The number of nitrogens with one attached hydrogen (secondary N) is 1. The fourth-order valence-electron chi connectivity index (χ4n) is 3.88. The first-order valence-electron chi connectivity index (χ1n) is 10.1. The zero-order chi connectivity index (χ0) is 23.0. The monoisotopic (exact) mass is 429 g/mol. The molecule has 32 heavy (non-hydrogen) atoms. The molecule has 0 atom stereocenters. The van der Waals surface area contributed by atoms with Gasteiger partial charge in [-0.1, -0.05) is 12.1 Å². The third-order valence-electron chi connectivity index (χ3n) is 5.46. The second-order valence-electron chi connectivity index (χ2n) is 7.66. The summed E-state index contributed by atoms with van der Waals surface area (Å²) in [5.41, 5.74) is 4.66. The molecule has 0 bridgehead atoms. The molecule has 1 aromatic heterocycles. The Labute approximate surface area is 185 Å². The number of aromatic nitrogens is 1. The van der Waals surface area contributed by atoms with Gasteiger partial charge in [-0.25, -0.2) is 9.69 Å². The molecule has 3 aromatic rings. The number of carbonyl (C=O) groups excluding carboxylic acids is 3. The van der Waals surface area contributed by atoms with E-state index in [9.17, 15) is 14.4 Å². The molecule has 7 heteroatoms. The van der Waals surface area contributed by atoms with Gasteiger partial charge < -0.3 is 9.30 Å². The van der Waals surface area contributed by atoms with Crippen LogP contribution >= 0.6 is 0 Å². The van der Waals surface area contributed by atoms with E-state index in [1.54, 1.807) is 25.3 Å². The van der Waals surface area contributed by atoms with E-state index in [1.807, 2.05) is 61.7 Å². The van der Waals surface area contributed by atoms with E-state index >= 15 is 0 Å². The van der Waals surface area contributed by atoms with Gasteiger partial charge in [0, 0.05) is 17.1 Å². The number of urea groups is 1. The topological polar surface area (TPSA) is 80.6 Å². The summed E-state index contributed by atoms with van der Waals surface area (Å²) in [6.07, 6.45) is 1.54. The molecule has 0 unspecified atom stereocenters. The third kappa shape index (κ3) is 3.69. The number of hydrogen-bond acceptors (Lipinski definition) is 4. The van der Waals surface area contributed by atoms with E-state index in [0.717, 1.165) is 38.9 Å². The van der Waals surface area contributed by atoms with Gasteiger partial charge in [0.2, 0.25) is 0 Å². The summed E-state index contributed by atoms with van der Waals surface area (Å²) in [5.74, 6) is -0.610. The van der Waals surface area contributed by atoms with Gasteiger partial charge in [0.05, 0.1) is 12.8 Å². The lowest BCUT2D eigenvalue weighted by Gasteiger charge is -2.26. The molecule has 0 saturated carbocycles. The van der Waals surface area contributed by atoms with Crippen molar-refractivity contribution in [2.45, 2.75) is 20.8 Å². The molecule has 4 amide bonds. The highest BCUT2D eigenvalue weighted by Crippen LogP contribution is 2.27. The van der Waals surface area contributed by atoms with Crippen LogP contribution in [0.25, 0.3) is 11.8 Å². The van der Waals surface area contributed by atoms with Crippen molar-refractivity contribution in [3.05, 3.63) is 82.7 Å².